The highest BCUT2D eigenvalue weighted by molar-refractivity contribution is 7.15. The number of thiophene rings is 1. The fourth-order valence-electron chi connectivity index (χ4n) is 2.33. The Morgan fingerprint density at radius 3 is 2.50 bits per heavy atom. The molecule has 1 aromatic rings. The SMILES string of the molecule is CN1CCOCC1.COCCC(C=O)Nc1cc(C#CC(C)(C)C)sc1C(=O)OC. The molecule has 0 saturated carbocycles. The maximum atomic E-state index is 11.9. The molecular weight excluding hydrogens is 404 g/mol. The van der Waals surface area contributed by atoms with E-state index in [0.29, 0.717) is 23.6 Å². The van der Waals surface area contributed by atoms with Crippen LogP contribution < -0.4 is 5.32 Å². The van der Waals surface area contributed by atoms with E-state index in [4.69, 9.17) is 14.2 Å². The van der Waals surface area contributed by atoms with Gasteiger partial charge in [0, 0.05) is 32.2 Å². The van der Waals surface area contributed by atoms with Gasteiger partial charge in [-0.2, -0.15) is 0 Å². The van der Waals surface area contributed by atoms with E-state index in [1.165, 1.54) is 18.4 Å². The number of nitrogens with one attached hydrogen (secondary N) is 1. The molecule has 0 spiro atoms. The quantitative estimate of drug-likeness (QED) is 0.398. The highest BCUT2D eigenvalue weighted by Gasteiger charge is 2.19. The molecule has 1 N–H and O–H groups in total. The molecule has 8 heteroatoms. The van der Waals surface area contributed by atoms with Crippen LogP contribution in [0.1, 0.15) is 41.7 Å². The number of aldehydes is 1. The second-order valence-electron chi connectivity index (χ2n) is 7.93. The number of carbonyl (C=O) groups excluding carboxylic acids is 2. The lowest BCUT2D eigenvalue weighted by Crippen LogP contribution is -2.32. The van der Waals surface area contributed by atoms with E-state index in [2.05, 4.69) is 29.1 Å². The Kier molecular flexibility index (Phi) is 11.7. The molecule has 0 aromatic carbocycles. The van der Waals surface area contributed by atoms with E-state index >= 15 is 0 Å². The minimum absolute atomic E-state index is 0.132. The summed E-state index contributed by atoms with van der Waals surface area (Å²) in [6.45, 7) is 10.5. The van der Waals surface area contributed by atoms with E-state index in [0.717, 1.165) is 37.5 Å². The Balaban J connectivity index is 0.000000539. The molecular formula is C22H34N2O5S. The van der Waals surface area contributed by atoms with Crippen molar-refractivity contribution in [1.29, 1.82) is 0 Å². The summed E-state index contributed by atoms with van der Waals surface area (Å²) in [5, 5.41) is 3.06. The monoisotopic (exact) mass is 438 g/mol. The molecule has 1 unspecified atom stereocenters. The third-order valence-corrected chi connectivity index (χ3v) is 5.07. The van der Waals surface area contributed by atoms with Crippen molar-refractivity contribution >= 4 is 29.3 Å². The number of hydrogen-bond donors (Lipinski definition) is 1. The minimum Gasteiger partial charge on any atom is -0.465 e. The summed E-state index contributed by atoms with van der Waals surface area (Å²) >= 11 is 1.25. The summed E-state index contributed by atoms with van der Waals surface area (Å²) < 4.78 is 14.9. The van der Waals surface area contributed by atoms with E-state index in [9.17, 15) is 9.59 Å². The second kappa shape index (κ2) is 13.4. The van der Waals surface area contributed by atoms with Gasteiger partial charge in [-0.1, -0.05) is 11.8 Å². The first kappa shape index (κ1) is 26.1. The first-order valence-corrected chi connectivity index (χ1v) is 10.7. The highest BCUT2D eigenvalue weighted by atomic mass is 32.1. The van der Waals surface area contributed by atoms with Gasteiger partial charge in [-0.25, -0.2) is 4.79 Å². The van der Waals surface area contributed by atoms with Gasteiger partial charge >= 0.3 is 5.97 Å². The largest absolute Gasteiger partial charge is 0.465 e. The van der Waals surface area contributed by atoms with Crippen molar-refractivity contribution in [2.75, 3.05) is 59.5 Å². The number of hydrogen-bond acceptors (Lipinski definition) is 8. The van der Waals surface area contributed by atoms with Crippen molar-refractivity contribution in [3.63, 3.8) is 0 Å². The van der Waals surface area contributed by atoms with E-state index in [1.54, 1.807) is 13.2 Å². The van der Waals surface area contributed by atoms with E-state index in [-0.39, 0.29) is 5.41 Å². The number of esters is 1. The molecule has 2 rings (SSSR count). The second-order valence-corrected chi connectivity index (χ2v) is 8.98. The van der Waals surface area contributed by atoms with Gasteiger partial charge < -0.3 is 29.2 Å². The maximum absolute atomic E-state index is 11.9. The van der Waals surface area contributed by atoms with Gasteiger partial charge in [-0.05, 0) is 40.3 Å². The number of morpholine rings is 1. The van der Waals surface area contributed by atoms with Crippen molar-refractivity contribution in [1.82, 2.24) is 4.90 Å². The van der Waals surface area contributed by atoms with E-state index < -0.39 is 12.0 Å². The molecule has 0 aliphatic carbocycles. The molecule has 0 radical (unpaired) electrons. The van der Waals surface area contributed by atoms with Crippen LogP contribution in [-0.2, 0) is 19.0 Å². The number of ether oxygens (including phenoxy) is 3. The smallest absolute Gasteiger partial charge is 0.350 e. The lowest BCUT2D eigenvalue weighted by molar-refractivity contribution is -0.108. The highest BCUT2D eigenvalue weighted by Crippen LogP contribution is 2.28. The number of rotatable bonds is 7. The summed E-state index contributed by atoms with van der Waals surface area (Å²) in [5.74, 6) is 5.75. The molecule has 0 amide bonds. The van der Waals surface area contributed by atoms with Crippen molar-refractivity contribution < 1.29 is 23.8 Å². The van der Waals surface area contributed by atoms with Crippen molar-refractivity contribution in [3.05, 3.63) is 15.8 Å². The van der Waals surface area contributed by atoms with Crippen LogP contribution in [0.25, 0.3) is 0 Å². The predicted octanol–water partition coefficient (Wildman–Crippen LogP) is 2.90. The molecule has 168 valence electrons. The van der Waals surface area contributed by atoms with Crippen LogP contribution in [0, 0.1) is 17.3 Å². The van der Waals surface area contributed by atoms with Crippen molar-refractivity contribution in [2.24, 2.45) is 5.41 Å². The van der Waals surface area contributed by atoms with Crippen LogP contribution >= 0.6 is 11.3 Å². The van der Waals surface area contributed by atoms with Crippen LogP contribution in [0.15, 0.2) is 6.07 Å². The normalized spacial score (nSPS) is 15.1. The molecule has 1 fully saturated rings. The molecule has 1 atom stereocenters. The summed E-state index contributed by atoms with van der Waals surface area (Å²) in [6, 6.07) is 1.34. The standard InChI is InChI=1S/C17H23NO4S.C5H11NO/c1-17(2,3)8-6-13-10-14(15(23-13)16(20)22-5)18-12(11-19)7-9-21-4;1-6-2-4-7-5-3-6/h10-12,18H,7,9H2,1-5H3;2-5H2,1H3. The Hall–Kier alpha value is -1.92. The Bertz CT molecular complexity index is 724. The summed E-state index contributed by atoms with van der Waals surface area (Å²) in [4.78, 5) is 26.5. The molecule has 2 heterocycles. The molecule has 1 aliphatic heterocycles. The van der Waals surface area contributed by atoms with Crippen LogP contribution in [-0.4, -0.2) is 77.4 Å². The molecule has 1 aromatic heterocycles. The van der Waals surface area contributed by atoms with Crippen LogP contribution in [0.5, 0.6) is 0 Å². The average Bonchev–Trinajstić information content (AvgIpc) is 3.12. The van der Waals surface area contributed by atoms with Gasteiger partial charge in [0.15, 0.2) is 0 Å². The molecule has 30 heavy (non-hydrogen) atoms. The number of methoxy groups -OCH3 is 2. The molecule has 0 bridgehead atoms. The summed E-state index contributed by atoms with van der Waals surface area (Å²) in [5.41, 5.74) is 0.431. The molecule has 7 nitrogen and oxygen atoms in total. The zero-order chi connectivity index (χ0) is 22.6. The Labute approximate surface area is 184 Å². The number of anilines is 1. The topological polar surface area (TPSA) is 77.1 Å². The zero-order valence-corrected chi connectivity index (χ0v) is 19.7. The Morgan fingerprint density at radius 1 is 1.37 bits per heavy atom. The van der Waals surface area contributed by atoms with Gasteiger partial charge in [0.2, 0.25) is 0 Å². The van der Waals surface area contributed by atoms with Crippen molar-refractivity contribution in [3.8, 4) is 11.8 Å². The van der Waals surface area contributed by atoms with Crippen LogP contribution in [0.4, 0.5) is 5.69 Å². The number of carbonyl (C=O) groups is 2. The average molecular weight is 439 g/mol. The first-order valence-electron chi connectivity index (χ1n) is 9.92. The van der Waals surface area contributed by atoms with E-state index in [1.807, 2.05) is 20.8 Å². The third-order valence-electron chi connectivity index (χ3n) is 4.04. The fraction of sp³-hybridized carbons (Fsp3) is 0.636. The Morgan fingerprint density at radius 2 is 2.03 bits per heavy atom. The lowest BCUT2D eigenvalue weighted by Gasteiger charge is -2.21. The number of nitrogens with zero attached hydrogens (tertiary/aromatic N) is 1. The fourth-order valence-corrected chi connectivity index (χ4v) is 3.22. The summed E-state index contributed by atoms with van der Waals surface area (Å²) in [6.07, 6.45) is 1.32. The predicted molar refractivity (Wildman–Crippen MR) is 120 cm³/mol. The van der Waals surface area contributed by atoms with Crippen LogP contribution in [0.3, 0.4) is 0 Å². The number of likely N-dealkylation sites (N-methyl/N-ethyl adjacent to an activating group) is 1. The third kappa shape index (κ3) is 10.2. The van der Waals surface area contributed by atoms with Crippen molar-refractivity contribution in [2.45, 2.75) is 33.2 Å². The first-order chi connectivity index (χ1) is 14.2. The molecule has 1 saturated heterocycles. The summed E-state index contributed by atoms with van der Waals surface area (Å²) in [7, 11) is 5.02. The van der Waals surface area contributed by atoms with Gasteiger partial charge in [0.1, 0.15) is 11.2 Å². The van der Waals surface area contributed by atoms with Gasteiger partial charge in [-0.15, -0.1) is 11.3 Å². The van der Waals surface area contributed by atoms with Gasteiger partial charge in [0.25, 0.3) is 0 Å². The zero-order valence-electron chi connectivity index (χ0n) is 18.9. The minimum atomic E-state index is -0.447. The lowest BCUT2D eigenvalue weighted by atomic mass is 9.98. The van der Waals surface area contributed by atoms with Gasteiger partial charge in [-0.3, -0.25) is 0 Å². The van der Waals surface area contributed by atoms with Gasteiger partial charge in [0.05, 0.1) is 36.9 Å². The van der Waals surface area contributed by atoms with Crippen LogP contribution in [0.2, 0.25) is 0 Å². The maximum Gasteiger partial charge on any atom is 0.350 e. The molecule has 1 aliphatic rings.